The first kappa shape index (κ1) is 17.4. The van der Waals surface area contributed by atoms with Gasteiger partial charge in [-0.1, -0.05) is 13.3 Å². The molecule has 5 nitrogen and oxygen atoms in total. The number of carbonyl (C=O) groups is 1. The van der Waals surface area contributed by atoms with E-state index < -0.39 is 5.97 Å². The van der Waals surface area contributed by atoms with Gasteiger partial charge in [-0.05, 0) is 46.5 Å². The monoisotopic (exact) mass is 293 g/mol. The molecule has 0 radical (unpaired) electrons. The van der Waals surface area contributed by atoms with E-state index in [0.29, 0.717) is 5.56 Å². The molecular formula is C16H27N3O2. The van der Waals surface area contributed by atoms with Crippen LogP contribution in [0.4, 0.5) is 5.82 Å². The van der Waals surface area contributed by atoms with Gasteiger partial charge in [0, 0.05) is 24.8 Å². The number of carboxylic acid groups (broad SMARTS) is 1. The second kappa shape index (κ2) is 7.98. The van der Waals surface area contributed by atoms with Crippen LogP contribution in [0.15, 0.2) is 12.1 Å². The van der Waals surface area contributed by atoms with Gasteiger partial charge in [-0.25, -0.2) is 9.78 Å². The maximum atomic E-state index is 11.3. The fourth-order valence-electron chi connectivity index (χ4n) is 2.55. The fraction of sp³-hybridized carbons (Fsp3) is 0.625. The van der Waals surface area contributed by atoms with Gasteiger partial charge < -0.3 is 14.9 Å². The van der Waals surface area contributed by atoms with Gasteiger partial charge in [0.25, 0.3) is 0 Å². The first-order valence-corrected chi connectivity index (χ1v) is 7.54. The number of aryl methyl sites for hydroxylation is 1. The highest BCUT2D eigenvalue weighted by Crippen LogP contribution is 2.19. The van der Waals surface area contributed by atoms with Crippen LogP contribution >= 0.6 is 0 Å². The molecule has 1 aromatic heterocycles. The Kier molecular flexibility index (Phi) is 6.62. The maximum Gasteiger partial charge on any atom is 0.335 e. The van der Waals surface area contributed by atoms with Gasteiger partial charge in [-0.2, -0.15) is 0 Å². The Balaban J connectivity index is 3.14. The Morgan fingerprint density at radius 2 is 2.00 bits per heavy atom. The van der Waals surface area contributed by atoms with E-state index in [2.05, 4.69) is 35.6 Å². The summed E-state index contributed by atoms with van der Waals surface area (Å²) >= 11 is 0. The number of anilines is 1. The fourth-order valence-corrected chi connectivity index (χ4v) is 2.55. The average Bonchev–Trinajstić information content (AvgIpc) is 2.38. The lowest BCUT2D eigenvalue weighted by Gasteiger charge is -2.31. The van der Waals surface area contributed by atoms with Crippen LogP contribution < -0.4 is 4.90 Å². The number of nitrogens with zero attached hydrogens (tertiary/aromatic N) is 3. The van der Waals surface area contributed by atoms with Gasteiger partial charge in [-0.3, -0.25) is 0 Å². The van der Waals surface area contributed by atoms with E-state index in [4.69, 9.17) is 0 Å². The molecule has 118 valence electrons. The molecule has 0 aliphatic rings. The molecule has 1 heterocycles. The van der Waals surface area contributed by atoms with Gasteiger partial charge in [0.2, 0.25) is 0 Å². The van der Waals surface area contributed by atoms with Crippen molar-refractivity contribution < 1.29 is 9.90 Å². The van der Waals surface area contributed by atoms with Crippen LogP contribution in [0.25, 0.3) is 0 Å². The van der Waals surface area contributed by atoms with Crippen LogP contribution in [0.1, 0.15) is 43.2 Å². The molecule has 0 bridgehead atoms. The summed E-state index contributed by atoms with van der Waals surface area (Å²) in [6.07, 6.45) is 1.75. The van der Waals surface area contributed by atoms with Gasteiger partial charge in [0.15, 0.2) is 0 Å². The van der Waals surface area contributed by atoms with Crippen molar-refractivity contribution in [3.05, 3.63) is 23.4 Å². The number of aromatic nitrogens is 1. The van der Waals surface area contributed by atoms with E-state index in [0.717, 1.165) is 37.4 Å². The second-order valence-corrected chi connectivity index (χ2v) is 5.66. The summed E-state index contributed by atoms with van der Waals surface area (Å²) in [5.74, 6) is -0.137. The van der Waals surface area contributed by atoms with E-state index in [1.54, 1.807) is 12.1 Å². The molecule has 1 atom stereocenters. The summed E-state index contributed by atoms with van der Waals surface area (Å²) in [5, 5.41) is 9.29. The minimum atomic E-state index is -0.896. The molecule has 1 N–H and O–H groups in total. The van der Waals surface area contributed by atoms with Gasteiger partial charge in [0.05, 0.1) is 5.56 Å². The lowest BCUT2D eigenvalue weighted by molar-refractivity contribution is 0.0696. The number of likely N-dealkylation sites (N-methyl/N-ethyl adjacent to an activating group) is 2. The summed E-state index contributed by atoms with van der Waals surface area (Å²) in [4.78, 5) is 20.2. The van der Waals surface area contributed by atoms with E-state index >= 15 is 0 Å². The molecule has 0 saturated heterocycles. The third kappa shape index (κ3) is 5.01. The van der Waals surface area contributed by atoms with Crippen molar-refractivity contribution in [1.29, 1.82) is 0 Å². The minimum absolute atomic E-state index is 0.274. The highest BCUT2D eigenvalue weighted by molar-refractivity contribution is 5.88. The molecule has 0 fully saturated rings. The largest absolute Gasteiger partial charge is 0.478 e. The molecule has 21 heavy (non-hydrogen) atoms. The van der Waals surface area contributed by atoms with Crippen molar-refractivity contribution in [2.45, 2.75) is 39.7 Å². The van der Waals surface area contributed by atoms with Gasteiger partial charge in [0.1, 0.15) is 5.82 Å². The number of hydrogen-bond acceptors (Lipinski definition) is 4. The Morgan fingerprint density at radius 1 is 1.33 bits per heavy atom. The Labute approximate surface area is 127 Å². The van der Waals surface area contributed by atoms with Gasteiger partial charge in [-0.15, -0.1) is 0 Å². The summed E-state index contributed by atoms with van der Waals surface area (Å²) in [5.41, 5.74) is 1.17. The lowest BCUT2D eigenvalue weighted by Crippen LogP contribution is -2.40. The zero-order valence-electron chi connectivity index (χ0n) is 13.8. The van der Waals surface area contributed by atoms with Crippen LogP contribution in [-0.4, -0.2) is 54.2 Å². The predicted molar refractivity (Wildman–Crippen MR) is 86.2 cm³/mol. The first-order chi connectivity index (χ1) is 9.88. The quantitative estimate of drug-likeness (QED) is 0.798. The topological polar surface area (TPSA) is 56.7 Å². The van der Waals surface area contributed by atoms with Crippen molar-refractivity contribution in [3.8, 4) is 0 Å². The summed E-state index contributed by atoms with van der Waals surface area (Å²) < 4.78 is 0. The molecule has 0 amide bonds. The third-order valence-electron chi connectivity index (χ3n) is 3.41. The Bertz CT molecular complexity index is 475. The molecule has 1 aromatic rings. The summed E-state index contributed by atoms with van der Waals surface area (Å²) in [6.45, 7) is 7.98. The van der Waals surface area contributed by atoms with Crippen molar-refractivity contribution in [1.82, 2.24) is 9.88 Å². The zero-order chi connectivity index (χ0) is 16.0. The number of hydrogen-bond donors (Lipinski definition) is 1. The van der Waals surface area contributed by atoms with Crippen molar-refractivity contribution in [3.63, 3.8) is 0 Å². The highest BCUT2D eigenvalue weighted by atomic mass is 16.4. The molecule has 5 heteroatoms. The van der Waals surface area contributed by atoms with Crippen LogP contribution in [0.5, 0.6) is 0 Å². The summed E-state index contributed by atoms with van der Waals surface area (Å²) in [7, 11) is 4.07. The molecule has 0 aromatic carbocycles. The number of aromatic carboxylic acids is 1. The van der Waals surface area contributed by atoms with Crippen LogP contribution in [0.3, 0.4) is 0 Å². The van der Waals surface area contributed by atoms with E-state index in [1.807, 2.05) is 14.1 Å². The molecule has 0 aliphatic carbocycles. The molecule has 1 unspecified atom stereocenters. The van der Waals surface area contributed by atoms with Crippen molar-refractivity contribution in [2.75, 3.05) is 32.1 Å². The van der Waals surface area contributed by atoms with Crippen LogP contribution in [0, 0.1) is 0 Å². The van der Waals surface area contributed by atoms with Crippen molar-refractivity contribution >= 4 is 11.8 Å². The van der Waals surface area contributed by atoms with E-state index in [9.17, 15) is 9.90 Å². The van der Waals surface area contributed by atoms with E-state index in [-0.39, 0.29) is 6.04 Å². The highest BCUT2D eigenvalue weighted by Gasteiger charge is 2.17. The van der Waals surface area contributed by atoms with Crippen LogP contribution in [-0.2, 0) is 6.42 Å². The standard InChI is InChI=1S/C16H27N3O2/c1-6-8-14-9-13(16(20)21)10-15(17-14)19(7-2)12(3)11-18(4)5/h9-10,12H,6-8,11H2,1-5H3,(H,20,21). The molecule has 0 saturated carbocycles. The number of rotatable bonds is 8. The van der Waals surface area contributed by atoms with Gasteiger partial charge >= 0.3 is 5.97 Å². The van der Waals surface area contributed by atoms with E-state index in [1.165, 1.54) is 0 Å². The third-order valence-corrected chi connectivity index (χ3v) is 3.41. The molecule has 0 spiro atoms. The zero-order valence-corrected chi connectivity index (χ0v) is 13.8. The average molecular weight is 293 g/mol. The first-order valence-electron chi connectivity index (χ1n) is 7.54. The normalized spacial score (nSPS) is 12.5. The van der Waals surface area contributed by atoms with Crippen LogP contribution in [0.2, 0.25) is 0 Å². The predicted octanol–water partition coefficient (Wildman–Crippen LogP) is 2.51. The Hall–Kier alpha value is -1.62. The minimum Gasteiger partial charge on any atom is -0.478 e. The lowest BCUT2D eigenvalue weighted by atomic mass is 10.1. The second-order valence-electron chi connectivity index (χ2n) is 5.66. The summed E-state index contributed by atoms with van der Waals surface area (Å²) in [6, 6.07) is 3.63. The molecule has 0 aliphatic heterocycles. The molecular weight excluding hydrogens is 266 g/mol. The number of carboxylic acids is 1. The molecule has 1 rings (SSSR count). The SMILES string of the molecule is CCCc1cc(C(=O)O)cc(N(CC)C(C)CN(C)C)n1. The maximum absolute atomic E-state index is 11.3. The Morgan fingerprint density at radius 3 is 2.48 bits per heavy atom. The smallest absolute Gasteiger partial charge is 0.335 e. The van der Waals surface area contributed by atoms with Crippen molar-refractivity contribution in [2.24, 2.45) is 0 Å². The number of pyridine rings is 1.